The zero-order valence-electron chi connectivity index (χ0n) is 9.65. The summed E-state index contributed by atoms with van der Waals surface area (Å²) >= 11 is 0. The van der Waals surface area contributed by atoms with Crippen LogP contribution < -0.4 is 5.32 Å². The van der Waals surface area contributed by atoms with E-state index in [2.05, 4.69) is 35.4 Å². The van der Waals surface area contributed by atoms with Crippen molar-refractivity contribution >= 4 is 16.6 Å². The summed E-state index contributed by atoms with van der Waals surface area (Å²) in [5.41, 5.74) is 5.25. The Labute approximate surface area is 90.7 Å². The number of fused-ring (bicyclic) bond motifs is 2. The quantitative estimate of drug-likeness (QED) is 0.672. The number of H-pyrrole nitrogens is 1. The van der Waals surface area contributed by atoms with Crippen LogP contribution in [0.3, 0.4) is 0 Å². The SMILES string of the molecule is CC.Cc1cc2cc3c(cc2[nH]1)CCN3. The Morgan fingerprint density at radius 1 is 1.13 bits per heavy atom. The second kappa shape index (κ2) is 3.97. The number of aromatic nitrogens is 1. The van der Waals surface area contributed by atoms with Crippen LogP contribution in [0.15, 0.2) is 18.2 Å². The molecule has 0 amide bonds. The van der Waals surface area contributed by atoms with E-state index in [9.17, 15) is 0 Å². The maximum Gasteiger partial charge on any atom is 0.0460 e. The zero-order chi connectivity index (χ0) is 10.8. The molecule has 3 rings (SSSR count). The van der Waals surface area contributed by atoms with Gasteiger partial charge in [-0.05, 0) is 37.1 Å². The molecule has 2 N–H and O–H groups in total. The molecular formula is C13H18N2. The lowest BCUT2D eigenvalue weighted by Gasteiger charge is -1.98. The van der Waals surface area contributed by atoms with Gasteiger partial charge in [-0.25, -0.2) is 0 Å². The minimum absolute atomic E-state index is 1.08. The summed E-state index contributed by atoms with van der Waals surface area (Å²) in [7, 11) is 0. The summed E-state index contributed by atoms with van der Waals surface area (Å²) in [6, 6.07) is 6.69. The summed E-state index contributed by atoms with van der Waals surface area (Å²) in [6.07, 6.45) is 1.16. The Hall–Kier alpha value is -1.44. The summed E-state index contributed by atoms with van der Waals surface area (Å²) < 4.78 is 0. The minimum Gasteiger partial charge on any atom is -0.384 e. The number of hydrogen-bond acceptors (Lipinski definition) is 1. The molecule has 0 bridgehead atoms. The molecule has 0 aliphatic carbocycles. The van der Waals surface area contributed by atoms with Gasteiger partial charge < -0.3 is 10.3 Å². The van der Waals surface area contributed by atoms with Crippen LogP contribution >= 0.6 is 0 Å². The van der Waals surface area contributed by atoms with Gasteiger partial charge in [-0.2, -0.15) is 0 Å². The van der Waals surface area contributed by atoms with Crippen molar-refractivity contribution < 1.29 is 0 Å². The van der Waals surface area contributed by atoms with E-state index in [1.165, 1.54) is 27.8 Å². The van der Waals surface area contributed by atoms with Crippen LogP contribution in [0.4, 0.5) is 5.69 Å². The molecule has 2 nitrogen and oxygen atoms in total. The number of aryl methyl sites for hydroxylation is 1. The van der Waals surface area contributed by atoms with Crippen molar-refractivity contribution in [1.29, 1.82) is 0 Å². The largest absolute Gasteiger partial charge is 0.384 e. The van der Waals surface area contributed by atoms with E-state index in [0.717, 1.165) is 13.0 Å². The van der Waals surface area contributed by atoms with E-state index in [1.54, 1.807) is 0 Å². The van der Waals surface area contributed by atoms with Gasteiger partial charge in [0.2, 0.25) is 0 Å². The molecule has 80 valence electrons. The first-order valence-corrected chi connectivity index (χ1v) is 5.69. The first-order valence-electron chi connectivity index (χ1n) is 5.69. The number of benzene rings is 1. The van der Waals surface area contributed by atoms with Crippen LogP contribution in [-0.4, -0.2) is 11.5 Å². The Kier molecular flexibility index (Phi) is 2.67. The average Bonchev–Trinajstić information content (AvgIpc) is 2.81. The van der Waals surface area contributed by atoms with E-state index in [4.69, 9.17) is 0 Å². The molecule has 15 heavy (non-hydrogen) atoms. The van der Waals surface area contributed by atoms with Gasteiger partial charge in [-0.3, -0.25) is 0 Å². The predicted molar refractivity (Wildman–Crippen MR) is 66.6 cm³/mol. The predicted octanol–water partition coefficient (Wildman–Crippen LogP) is 3.47. The first-order chi connectivity index (χ1) is 7.33. The second-order valence-electron chi connectivity index (χ2n) is 3.73. The molecule has 2 heteroatoms. The Bertz CT molecular complexity index is 428. The number of aromatic amines is 1. The zero-order valence-corrected chi connectivity index (χ0v) is 9.65. The molecule has 1 aromatic carbocycles. The van der Waals surface area contributed by atoms with E-state index >= 15 is 0 Å². The van der Waals surface area contributed by atoms with Crippen LogP contribution in [0, 0.1) is 6.92 Å². The number of rotatable bonds is 0. The van der Waals surface area contributed by atoms with Crippen LogP contribution in [0.25, 0.3) is 10.9 Å². The average molecular weight is 202 g/mol. The van der Waals surface area contributed by atoms with Gasteiger partial charge in [0.25, 0.3) is 0 Å². The van der Waals surface area contributed by atoms with Crippen LogP contribution in [0.5, 0.6) is 0 Å². The van der Waals surface area contributed by atoms with Crippen molar-refractivity contribution in [3.8, 4) is 0 Å². The normalized spacial score (nSPS) is 13.0. The molecule has 1 aliphatic heterocycles. The fraction of sp³-hybridized carbons (Fsp3) is 0.385. The number of nitrogens with one attached hydrogen (secondary N) is 2. The highest BCUT2D eigenvalue weighted by molar-refractivity contribution is 5.86. The molecule has 0 atom stereocenters. The van der Waals surface area contributed by atoms with Crippen molar-refractivity contribution in [3.05, 3.63) is 29.5 Å². The maximum atomic E-state index is 3.39. The first kappa shape index (κ1) is 10.1. The van der Waals surface area contributed by atoms with Gasteiger partial charge in [-0.1, -0.05) is 13.8 Å². The molecule has 0 saturated heterocycles. The van der Waals surface area contributed by atoms with Crippen LogP contribution in [0.2, 0.25) is 0 Å². The van der Waals surface area contributed by atoms with E-state index < -0.39 is 0 Å². The Balaban J connectivity index is 0.000000404. The van der Waals surface area contributed by atoms with Crippen molar-refractivity contribution in [3.63, 3.8) is 0 Å². The van der Waals surface area contributed by atoms with Crippen LogP contribution in [0.1, 0.15) is 25.1 Å². The smallest absolute Gasteiger partial charge is 0.0460 e. The highest BCUT2D eigenvalue weighted by Gasteiger charge is 2.11. The lowest BCUT2D eigenvalue weighted by atomic mass is 10.1. The summed E-state index contributed by atoms with van der Waals surface area (Å²) in [5, 5.41) is 4.70. The third-order valence-corrected chi connectivity index (χ3v) is 2.69. The molecule has 2 heterocycles. The fourth-order valence-corrected chi connectivity index (χ4v) is 2.07. The third kappa shape index (κ3) is 1.72. The van der Waals surface area contributed by atoms with E-state index in [-0.39, 0.29) is 0 Å². The highest BCUT2D eigenvalue weighted by atomic mass is 14.9. The number of hydrogen-bond donors (Lipinski definition) is 2. The van der Waals surface area contributed by atoms with Gasteiger partial charge in [0, 0.05) is 28.8 Å². The second-order valence-corrected chi connectivity index (χ2v) is 3.73. The molecule has 1 aliphatic rings. The minimum atomic E-state index is 1.08. The van der Waals surface area contributed by atoms with Gasteiger partial charge in [0.15, 0.2) is 0 Å². The standard InChI is InChI=1S/C11H12N2.C2H6/c1-7-4-9-6-10-8(2-3-12-10)5-11(9)13-7;1-2/h4-6,12-13H,2-3H2,1H3;1-2H3. The van der Waals surface area contributed by atoms with Crippen molar-refractivity contribution in [2.75, 3.05) is 11.9 Å². The third-order valence-electron chi connectivity index (χ3n) is 2.69. The summed E-state index contributed by atoms with van der Waals surface area (Å²) in [4.78, 5) is 3.36. The molecule has 0 radical (unpaired) electrons. The topological polar surface area (TPSA) is 27.8 Å². The maximum absolute atomic E-state index is 3.39. The van der Waals surface area contributed by atoms with Gasteiger partial charge in [0.05, 0.1) is 0 Å². The van der Waals surface area contributed by atoms with Gasteiger partial charge in [0.1, 0.15) is 0 Å². The highest BCUT2D eigenvalue weighted by Crippen LogP contribution is 2.28. The molecule has 0 fully saturated rings. The molecule has 0 spiro atoms. The molecular weight excluding hydrogens is 184 g/mol. The molecule has 1 aromatic heterocycles. The lowest BCUT2D eigenvalue weighted by molar-refractivity contribution is 1.11. The van der Waals surface area contributed by atoms with Crippen LogP contribution in [-0.2, 0) is 6.42 Å². The van der Waals surface area contributed by atoms with Gasteiger partial charge >= 0.3 is 0 Å². The fourth-order valence-electron chi connectivity index (χ4n) is 2.07. The molecule has 0 unspecified atom stereocenters. The Morgan fingerprint density at radius 2 is 1.93 bits per heavy atom. The van der Waals surface area contributed by atoms with E-state index in [0.29, 0.717) is 0 Å². The lowest BCUT2D eigenvalue weighted by Crippen LogP contribution is -1.90. The molecule has 0 saturated carbocycles. The van der Waals surface area contributed by atoms with E-state index in [1.807, 2.05) is 13.8 Å². The van der Waals surface area contributed by atoms with Gasteiger partial charge in [-0.15, -0.1) is 0 Å². The number of anilines is 1. The molecule has 2 aromatic rings. The Morgan fingerprint density at radius 3 is 2.73 bits per heavy atom. The summed E-state index contributed by atoms with van der Waals surface area (Å²) in [5.74, 6) is 0. The monoisotopic (exact) mass is 202 g/mol. The van der Waals surface area contributed by atoms with Crippen molar-refractivity contribution in [2.45, 2.75) is 27.2 Å². The van der Waals surface area contributed by atoms with Crippen molar-refractivity contribution in [1.82, 2.24) is 4.98 Å². The van der Waals surface area contributed by atoms with Crippen molar-refractivity contribution in [2.24, 2.45) is 0 Å². The summed E-state index contributed by atoms with van der Waals surface area (Å²) in [6.45, 7) is 7.18.